The largest absolute Gasteiger partial charge is 0.479 e. The van der Waals surface area contributed by atoms with Gasteiger partial charge in [0.2, 0.25) is 0 Å². The number of hydrogen-bond donors (Lipinski definition) is 3. The van der Waals surface area contributed by atoms with E-state index in [-0.39, 0.29) is 25.9 Å². The number of carboxylic acid groups (broad SMARTS) is 1. The van der Waals surface area contributed by atoms with Gasteiger partial charge in [0.25, 0.3) is 0 Å². The summed E-state index contributed by atoms with van der Waals surface area (Å²) in [7, 11) is 0. The van der Waals surface area contributed by atoms with E-state index in [0.29, 0.717) is 19.3 Å². The molecule has 69 heavy (non-hydrogen) atoms. The molecule has 1 heterocycles. The normalized spacial score (nSPS) is 19.1. The molecule has 0 saturated carbocycles. The van der Waals surface area contributed by atoms with Gasteiger partial charge in [-0.25, -0.2) is 4.79 Å². The number of carbonyl (C=O) groups excluding carboxylic acids is 3. The molecule has 12 nitrogen and oxygen atoms in total. The summed E-state index contributed by atoms with van der Waals surface area (Å²) in [6, 6.07) is 0. The zero-order chi connectivity index (χ0) is 50.4. The zero-order valence-corrected chi connectivity index (χ0v) is 43.3. The second-order valence-corrected chi connectivity index (χ2v) is 18.5. The molecule has 6 atom stereocenters. The van der Waals surface area contributed by atoms with Crippen LogP contribution in [0.5, 0.6) is 0 Å². The lowest BCUT2D eigenvalue weighted by Gasteiger charge is -2.40. The van der Waals surface area contributed by atoms with Crippen LogP contribution in [0.3, 0.4) is 0 Å². The Kier molecular flexibility index (Phi) is 41.9. The molecule has 0 aliphatic carbocycles. The van der Waals surface area contributed by atoms with Gasteiger partial charge in [-0.05, 0) is 83.5 Å². The molecule has 3 N–H and O–H groups in total. The van der Waals surface area contributed by atoms with Crippen molar-refractivity contribution in [2.24, 2.45) is 0 Å². The Morgan fingerprint density at radius 3 is 1.42 bits per heavy atom. The topological polar surface area (TPSA) is 175 Å². The van der Waals surface area contributed by atoms with Gasteiger partial charge >= 0.3 is 23.9 Å². The summed E-state index contributed by atoms with van der Waals surface area (Å²) in [5, 5.41) is 31.3. The summed E-state index contributed by atoms with van der Waals surface area (Å²) in [6.45, 7) is 5.79. The van der Waals surface area contributed by atoms with Crippen molar-refractivity contribution in [2.45, 2.75) is 263 Å². The third-order valence-electron chi connectivity index (χ3n) is 12.1. The molecule has 1 aliphatic rings. The van der Waals surface area contributed by atoms with E-state index in [1.54, 1.807) is 0 Å². The summed E-state index contributed by atoms with van der Waals surface area (Å²) in [5.74, 6) is -3.16. The van der Waals surface area contributed by atoms with Crippen LogP contribution in [0.4, 0.5) is 0 Å². The summed E-state index contributed by atoms with van der Waals surface area (Å²) in [6.07, 6.45) is 42.1. The second kappa shape index (κ2) is 45.6. The molecule has 396 valence electrons. The highest BCUT2D eigenvalue weighted by atomic mass is 16.7. The van der Waals surface area contributed by atoms with Gasteiger partial charge in [-0.2, -0.15) is 0 Å². The van der Waals surface area contributed by atoms with E-state index >= 15 is 0 Å². The molecule has 6 unspecified atom stereocenters. The molecule has 1 rings (SSSR count). The third-order valence-corrected chi connectivity index (χ3v) is 12.1. The van der Waals surface area contributed by atoms with E-state index in [2.05, 4.69) is 81.5 Å². The zero-order valence-electron chi connectivity index (χ0n) is 43.3. The maximum atomic E-state index is 13.0. The lowest BCUT2D eigenvalue weighted by atomic mass is 9.98. The first-order chi connectivity index (χ1) is 33.6. The first-order valence-electron chi connectivity index (χ1n) is 27.3. The van der Waals surface area contributed by atoms with Gasteiger partial charge in [-0.15, -0.1) is 0 Å². The van der Waals surface area contributed by atoms with E-state index in [9.17, 15) is 34.5 Å². The first kappa shape index (κ1) is 63.4. The molecule has 1 fully saturated rings. The predicted octanol–water partition coefficient (Wildman–Crippen LogP) is 13.2. The first-order valence-corrected chi connectivity index (χ1v) is 27.3. The number of aliphatic hydroxyl groups is 2. The Morgan fingerprint density at radius 2 is 0.913 bits per heavy atom. The monoisotopic (exact) mass is 973 g/mol. The molecular weight excluding hydrogens is 877 g/mol. The van der Waals surface area contributed by atoms with Crippen LogP contribution < -0.4 is 0 Å². The SMILES string of the molecule is CC/C=C\C/C=C\C/C=C\C/C=C\CCCCCCC(=O)OCC(COC1OC(C(=O)O)C(O)C(O)C1OC(=O)CCCCCCC/C=C\CCCCCC)OC(=O)CCCCCCCCCCC. The highest BCUT2D eigenvalue weighted by Gasteiger charge is 2.50. The molecule has 0 aromatic rings. The van der Waals surface area contributed by atoms with Crippen molar-refractivity contribution in [3.8, 4) is 0 Å². The summed E-state index contributed by atoms with van der Waals surface area (Å²) in [5.41, 5.74) is 0. The van der Waals surface area contributed by atoms with E-state index in [1.165, 1.54) is 57.8 Å². The average Bonchev–Trinajstić information content (AvgIpc) is 3.33. The van der Waals surface area contributed by atoms with Gasteiger partial charge in [0, 0.05) is 19.3 Å². The average molecular weight is 973 g/mol. The minimum atomic E-state index is -1.91. The van der Waals surface area contributed by atoms with Crippen molar-refractivity contribution < 1.29 is 58.2 Å². The summed E-state index contributed by atoms with van der Waals surface area (Å²) >= 11 is 0. The van der Waals surface area contributed by atoms with Crippen LogP contribution in [0, 0.1) is 0 Å². The number of allylic oxidation sites excluding steroid dienone is 10. The van der Waals surface area contributed by atoms with Gasteiger partial charge in [-0.3, -0.25) is 14.4 Å². The van der Waals surface area contributed by atoms with Crippen molar-refractivity contribution in [1.29, 1.82) is 0 Å². The Morgan fingerprint density at radius 1 is 0.493 bits per heavy atom. The second-order valence-electron chi connectivity index (χ2n) is 18.5. The molecule has 0 radical (unpaired) electrons. The van der Waals surface area contributed by atoms with Gasteiger partial charge in [0.15, 0.2) is 24.6 Å². The minimum Gasteiger partial charge on any atom is -0.479 e. The Labute approximate surface area is 417 Å². The van der Waals surface area contributed by atoms with Crippen LogP contribution in [0.25, 0.3) is 0 Å². The molecule has 12 heteroatoms. The van der Waals surface area contributed by atoms with Crippen LogP contribution in [0.1, 0.15) is 226 Å². The van der Waals surface area contributed by atoms with Crippen LogP contribution in [0.15, 0.2) is 60.8 Å². The standard InChI is InChI=1S/C57H96O12/c1-4-7-10-13-16-19-21-23-24-25-26-28-29-32-34-37-40-43-49(58)65-46-48(67-50(59)44-41-38-35-31-18-15-12-9-6-3)47-66-57-55(53(62)52(61)54(69-57)56(63)64)68-51(60)45-42-39-36-33-30-27-22-20-17-14-11-8-5-2/h7,10,16,19-20,22-24,26,28,48,52-55,57,61-62H,4-6,8-9,11-15,17-18,21,25,27,29-47H2,1-3H3,(H,63,64)/b10-7-,19-16-,22-20-,24-23-,28-26-. The Balaban J connectivity index is 2.70. The molecule has 0 amide bonds. The van der Waals surface area contributed by atoms with Gasteiger partial charge in [-0.1, -0.05) is 184 Å². The maximum absolute atomic E-state index is 13.0. The molecule has 1 aliphatic heterocycles. The van der Waals surface area contributed by atoms with Gasteiger partial charge in [0.05, 0.1) is 6.61 Å². The Bertz CT molecular complexity index is 1440. The summed E-state index contributed by atoms with van der Waals surface area (Å²) in [4.78, 5) is 50.8. The number of rotatable bonds is 45. The fourth-order valence-corrected chi connectivity index (χ4v) is 7.88. The van der Waals surface area contributed by atoms with Crippen LogP contribution in [-0.2, 0) is 42.9 Å². The quantitative estimate of drug-likeness (QED) is 0.0228. The maximum Gasteiger partial charge on any atom is 0.335 e. The van der Waals surface area contributed by atoms with Crippen molar-refractivity contribution >= 4 is 23.9 Å². The van der Waals surface area contributed by atoms with E-state index in [1.807, 2.05) is 0 Å². The molecule has 0 aromatic carbocycles. The highest BCUT2D eigenvalue weighted by molar-refractivity contribution is 5.74. The molecule has 0 aromatic heterocycles. The number of unbranched alkanes of at least 4 members (excludes halogenated alkanes) is 21. The van der Waals surface area contributed by atoms with Crippen molar-refractivity contribution in [3.63, 3.8) is 0 Å². The van der Waals surface area contributed by atoms with Gasteiger partial charge in [0.1, 0.15) is 18.8 Å². The third kappa shape index (κ3) is 36.1. The van der Waals surface area contributed by atoms with Crippen molar-refractivity contribution in [3.05, 3.63) is 60.8 Å². The fourth-order valence-electron chi connectivity index (χ4n) is 7.88. The highest BCUT2D eigenvalue weighted by Crippen LogP contribution is 2.26. The van der Waals surface area contributed by atoms with Crippen molar-refractivity contribution in [1.82, 2.24) is 0 Å². The number of aliphatic hydroxyl groups excluding tert-OH is 2. The van der Waals surface area contributed by atoms with E-state index in [0.717, 1.165) is 109 Å². The van der Waals surface area contributed by atoms with Crippen molar-refractivity contribution in [2.75, 3.05) is 13.2 Å². The van der Waals surface area contributed by atoms with Gasteiger partial charge < -0.3 is 39.0 Å². The van der Waals surface area contributed by atoms with Crippen LogP contribution in [-0.4, -0.2) is 89.2 Å². The minimum absolute atomic E-state index is 0.0480. The van der Waals surface area contributed by atoms with Crippen LogP contribution in [0.2, 0.25) is 0 Å². The number of aliphatic carboxylic acids is 1. The Hall–Kier alpha value is -3.58. The lowest BCUT2D eigenvalue weighted by molar-refractivity contribution is -0.301. The molecule has 0 spiro atoms. The number of esters is 3. The number of ether oxygens (including phenoxy) is 5. The number of hydrogen-bond acceptors (Lipinski definition) is 11. The predicted molar refractivity (Wildman–Crippen MR) is 275 cm³/mol. The number of carbonyl (C=O) groups is 4. The molecular formula is C57H96O12. The molecule has 1 saturated heterocycles. The van der Waals surface area contributed by atoms with Crippen LogP contribution >= 0.6 is 0 Å². The lowest BCUT2D eigenvalue weighted by Crippen LogP contribution is -2.61. The number of carboxylic acids is 1. The smallest absolute Gasteiger partial charge is 0.335 e. The molecule has 0 bridgehead atoms. The van der Waals surface area contributed by atoms with E-state index < -0.39 is 67.3 Å². The summed E-state index contributed by atoms with van der Waals surface area (Å²) < 4.78 is 28.3. The van der Waals surface area contributed by atoms with E-state index in [4.69, 9.17) is 23.7 Å². The fraction of sp³-hybridized carbons (Fsp3) is 0.754.